The Morgan fingerprint density at radius 1 is 1.54 bits per heavy atom. The zero-order chi connectivity index (χ0) is 9.42. The standard InChI is InChI=1S/C7H4BrClN2S2/c1-12-7-10-5(9)4-3(8)2-13-6(4)11-7/h2H,1H3. The van der Waals surface area contributed by atoms with Crippen LogP contribution in [0.5, 0.6) is 0 Å². The van der Waals surface area contributed by atoms with Gasteiger partial charge in [-0.15, -0.1) is 11.3 Å². The highest BCUT2D eigenvalue weighted by molar-refractivity contribution is 9.10. The van der Waals surface area contributed by atoms with Gasteiger partial charge in [-0.3, -0.25) is 0 Å². The minimum Gasteiger partial charge on any atom is -0.211 e. The molecular weight excluding hydrogens is 292 g/mol. The van der Waals surface area contributed by atoms with Gasteiger partial charge in [0.25, 0.3) is 0 Å². The third-order valence-corrected chi connectivity index (χ3v) is 4.13. The summed E-state index contributed by atoms with van der Waals surface area (Å²) in [5.74, 6) is 0. The molecule has 13 heavy (non-hydrogen) atoms. The third-order valence-electron chi connectivity index (χ3n) is 1.51. The fourth-order valence-electron chi connectivity index (χ4n) is 0.940. The molecule has 68 valence electrons. The van der Waals surface area contributed by atoms with E-state index in [-0.39, 0.29) is 0 Å². The molecule has 2 nitrogen and oxygen atoms in total. The highest BCUT2D eigenvalue weighted by Gasteiger charge is 2.10. The fraction of sp³-hybridized carbons (Fsp3) is 0.143. The number of halogens is 2. The first kappa shape index (κ1) is 9.71. The molecule has 0 saturated carbocycles. The van der Waals surface area contributed by atoms with E-state index >= 15 is 0 Å². The lowest BCUT2D eigenvalue weighted by molar-refractivity contribution is 1.01. The first-order chi connectivity index (χ1) is 6.22. The van der Waals surface area contributed by atoms with E-state index < -0.39 is 0 Å². The van der Waals surface area contributed by atoms with Crippen LogP contribution in [0.2, 0.25) is 5.15 Å². The van der Waals surface area contributed by atoms with Crippen molar-refractivity contribution in [3.63, 3.8) is 0 Å². The summed E-state index contributed by atoms with van der Waals surface area (Å²) >= 11 is 12.5. The van der Waals surface area contributed by atoms with Crippen LogP contribution in [-0.4, -0.2) is 16.2 Å². The zero-order valence-electron chi connectivity index (χ0n) is 6.54. The van der Waals surface area contributed by atoms with Gasteiger partial charge in [-0.25, -0.2) is 9.97 Å². The van der Waals surface area contributed by atoms with Crippen molar-refractivity contribution < 1.29 is 0 Å². The van der Waals surface area contributed by atoms with Crippen LogP contribution in [0.15, 0.2) is 15.0 Å². The lowest BCUT2D eigenvalue weighted by Crippen LogP contribution is -1.85. The molecule has 0 saturated heterocycles. The molecule has 0 aliphatic rings. The van der Waals surface area contributed by atoms with Crippen molar-refractivity contribution >= 4 is 60.8 Å². The smallest absolute Gasteiger partial charge is 0.190 e. The van der Waals surface area contributed by atoms with E-state index in [1.807, 2.05) is 11.6 Å². The molecule has 2 aromatic heterocycles. The van der Waals surface area contributed by atoms with Gasteiger partial charge in [0.15, 0.2) is 5.16 Å². The molecular formula is C7H4BrClN2S2. The predicted molar refractivity (Wildman–Crippen MR) is 61.9 cm³/mol. The summed E-state index contributed by atoms with van der Waals surface area (Å²) < 4.78 is 0.963. The largest absolute Gasteiger partial charge is 0.211 e. The number of fused-ring (bicyclic) bond motifs is 1. The maximum Gasteiger partial charge on any atom is 0.190 e. The van der Waals surface area contributed by atoms with Crippen LogP contribution in [0.3, 0.4) is 0 Å². The van der Waals surface area contributed by atoms with Gasteiger partial charge in [0.05, 0.1) is 5.39 Å². The van der Waals surface area contributed by atoms with Crippen molar-refractivity contribution in [2.24, 2.45) is 0 Å². The van der Waals surface area contributed by atoms with E-state index in [1.54, 1.807) is 11.3 Å². The van der Waals surface area contributed by atoms with Gasteiger partial charge in [-0.2, -0.15) is 0 Å². The zero-order valence-corrected chi connectivity index (χ0v) is 10.5. The van der Waals surface area contributed by atoms with E-state index in [1.165, 1.54) is 11.8 Å². The molecule has 0 bridgehead atoms. The van der Waals surface area contributed by atoms with Gasteiger partial charge >= 0.3 is 0 Å². The van der Waals surface area contributed by atoms with Gasteiger partial charge in [0.1, 0.15) is 9.98 Å². The normalized spacial score (nSPS) is 11.0. The molecule has 2 heterocycles. The van der Waals surface area contributed by atoms with Crippen LogP contribution in [0.4, 0.5) is 0 Å². The number of rotatable bonds is 1. The number of aromatic nitrogens is 2. The summed E-state index contributed by atoms with van der Waals surface area (Å²) in [5.41, 5.74) is 0. The maximum atomic E-state index is 6.00. The van der Waals surface area contributed by atoms with Gasteiger partial charge in [-0.1, -0.05) is 23.4 Å². The summed E-state index contributed by atoms with van der Waals surface area (Å²) in [7, 11) is 0. The van der Waals surface area contributed by atoms with Crippen molar-refractivity contribution in [3.8, 4) is 0 Å². The van der Waals surface area contributed by atoms with Crippen LogP contribution in [0.1, 0.15) is 0 Å². The highest BCUT2D eigenvalue weighted by atomic mass is 79.9. The molecule has 0 aliphatic heterocycles. The number of hydrogen-bond donors (Lipinski definition) is 0. The van der Waals surface area contributed by atoms with Crippen molar-refractivity contribution in [2.75, 3.05) is 6.26 Å². The Kier molecular flexibility index (Phi) is 2.78. The van der Waals surface area contributed by atoms with E-state index in [9.17, 15) is 0 Å². The lowest BCUT2D eigenvalue weighted by atomic mass is 10.4. The summed E-state index contributed by atoms with van der Waals surface area (Å²) in [5, 5.41) is 4.11. The number of nitrogens with zero attached hydrogens (tertiary/aromatic N) is 2. The molecule has 0 spiro atoms. The van der Waals surface area contributed by atoms with Crippen molar-refractivity contribution in [1.82, 2.24) is 9.97 Å². The van der Waals surface area contributed by atoms with Crippen LogP contribution in [0.25, 0.3) is 10.2 Å². The molecule has 6 heteroatoms. The summed E-state index contributed by atoms with van der Waals surface area (Å²) in [6, 6.07) is 0. The van der Waals surface area contributed by atoms with Gasteiger partial charge < -0.3 is 0 Å². The molecule has 2 rings (SSSR count). The number of thiophene rings is 1. The Bertz CT molecular complexity index is 457. The molecule has 0 atom stereocenters. The predicted octanol–water partition coefficient (Wildman–Crippen LogP) is 3.83. The quantitative estimate of drug-likeness (QED) is 0.454. The Balaban J connectivity index is 2.79. The Hall–Kier alpha value is 0.160. The van der Waals surface area contributed by atoms with Crippen LogP contribution in [-0.2, 0) is 0 Å². The minimum atomic E-state index is 0.516. The van der Waals surface area contributed by atoms with Gasteiger partial charge in [0, 0.05) is 9.85 Å². The molecule has 0 radical (unpaired) electrons. The van der Waals surface area contributed by atoms with Crippen molar-refractivity contribution in [2.45, 2.75) is 5.16 Å². The molecule has 0 aliphatic carbocycles. The number of thioether (sulfide) groups is 1. The highest BCUT2D eigenvalue weighted by Crippen LogP contribution is 2.34. The van der Waals surface area contributed by atoms with E-state index in [0.29, 0.717) is 10.3 Å². The number of hydrogen-bond acceptors (Lipinski definition) is 4. The maximum absolute atomic E-state index is 6.00. The Morgan fingerprint density at radius 2 is 2.31 bits per heavy atom. The topological polar surface area (TPSA) is 25.8 Å². The molecule has 0 unspecified atom stereocenters. The van der Waals surface area contributed by atoms with E-state index in [4.69, 9.17) is 11.6 Å². The third kappa shape index (κ3) is 1.70. The van der Waals surface area contributed by atoms with E-state index in [2.05, 4.69) is 25.9 Å². The molecule has 0 aromatic carbocycles. The van der Waals surface area contributed by atoms with Gasteiger partial charge in [0.2, 0.25) is 0 Å². The second-order valence-electron chi connectivity index (χ2n) is 2.26. The van der Waals surface area contributed by atoms with Crippen molar-refractivity contribution in [1.29, 1.82) is 0 Å². The Morgan fingerprint density at radius 3 is 3.00 bits per heavy atom. The first-order valence-corrected chi connectivity index (χ1v) is 6.64. The lowest BCUT2D eigenvalue weighted by Gasteiger charge is -1.97. The van der Waals surface area contributed by atoms with Crippen LogP contribution < -0.4 is 0 Å². The van der Waals surface area contributed by atoms with Crippen LogP contribution >= 0.6 is 50.6 Å². The fourth-order valence-corrected chi connectivity index (χ4v) is 3.44. The summed E-state index contributed by atoms with van der Waals surface area (Å²) in [6.45, 7) is 0. The monoisotopic (exact) mass is 294 g/mol. The average molecular weight is 296 g/mol. The summed E-state index contributed by atoms with van der Waals surface area (Å²) in [4.78, 5) is 9.41. The Labute approximate surface area is 96.9 Å². The second-order valence-corrected chi connectivity index (χ2v) is 5.11. The van der Waals surface area contributed by atoms with Crippen LogP contribution in [0, 0.1) is 0 Å². The summed E-state index contributed by atoms with van der Waals surface area (Å²) in [6.07, 6.45) is 1.93. The average Bonchev–Trinajstić information content (AvgIpc) is 2.48. The molecule has 2 aromatic rings. The van der Waals surface area contributed by atoms with Gasteiger partial charge in [-0.05, 0) is 22.2 Å². The minimum absolute atomic E-state index is 0.516. The molecule has 0 fully saturated rings. The SMILES string of the molecule is CSc1nc(Cl)c2c(Br)csc2n1. The van der Waals surface area contributed by atoms with Crippen molar-refractivity contribution in [3.05, 3.63) is 15.0 Å². The second kappa shape index (κ2) is 3.73. The van der Waals surface area contributed by atoms with E-state index in [0.717, 1.165) is 14.7 Å². The first-order valence-electron chi connectivity index (χ1n) is 3.36. The molecule has 0 N–H and O–H groups in total. The molecule has 0 amide bonds.